The molecule has 2 rings (SSSR count). The van der Waals surface area contributed by atoms with Crippen molar-refractivity contribution in [1.29, 1.82) is 0 Å². The number of benzene rings is 1. The number of hydrogen-bond acceptors (Lipinski definition) is 3. The van der Waals surface area contributed by atoms with Gasteiger partial charge in [-0.1, -0.05) is 43.6 Å². The van der Waals surface area contributed by atoms with Crippen LogP contribution in [0.1, 0.15) is 32.3 Å². The lowest BCUT2D eigenvalue weighted by Crippen LogP contribution is -2.49. The predicted molar refractivity (Wildman–Crippen MR) is 102 cm³/mol. The van der Waals surface area contributed by atoms with Gasteiger partial charge in [0.25, 0.3) is 0 Å². The Kier molecular flexibility index (Phi) is 6.71. The van der Waals surface area contributed by atoms with Crippen molar-refractivity contribution in [1.82, 2.24) is 10.2 Å². The lowest BCUT2D eigenvalue weighted by atomic mass is 9.84. The highest BCUT2D eigenvalue weighted by Crippen LogP contribution is 2.29. The number of guanidine groups is 1. The fourth-order valence-corrected chi connectivity index (χ4v) is 3.62. The SMILES string of the molecule is CN=C(NCC(C)(C)c1ccccc1Cl)N1CCC(C(=O)OC)CC1. The number of ether oxygens (including phenoxy) is 1. The first-order valence-corrected chi connectivity index (χ1v) is 9.05. The highest BCUT2D eigenvalue weighted by molar-refractivity contribution is 6.31. The Bertz CT molecular complexity index is 623. The molecule has 0 bridgehead atoms. The molecule has 1 N–H and O–H groups in total. The third-order valence-electron chi connectivity index (χ3n) is 4.83. The van der Waals surface area contributed by atoms with Crippen molar-refractivity contribution < 1.29 is 9.53 Å². The van der Waals surface area contributed by atoms with E-state index in [0.717, 1.165) is 49.0 Å². The third kappa shape index (κ3) is 4.88. The highest BCUT2D eigenvalue weighted by atomic mass is 35.5. The lowest BCUT2D eigenvalue weighted by molar-refractivity contribution is -0.146. The average Bonchev–Trinajstić information content (AvgIpc) is 2.62. The van der Waals surface area contributed by atoms with E-state index < -0.39 is 0 Å². The molecule has 0 unspecified atom stereocenters. The number of esters is 1. The van der Waals surface area contributed by atoms with Gasteiger partial charge in [-0.2, -0.15) is 0 Å². The van der Waals surface area contributed by atoms with Gasteiger partial charge in [0.1, 0.15) is 0 Å². The van der Waals surface area contributed by atoms with Gasteiger partial charge < -0.3 is 15.0 Å². The Balaban J connectivity index is 1.95. The molecule has 0 amide bonds. The largest absolute Gasteiger partial charge is 0.469 e. The minimum atomic E-state index is -0.126. The predicted octanol–water partition coefficient (Wildman–Crippen LogP) is 3.08. The summed E-state index contributed by atoms with van der Waals surface area (Å²) < 4.78 is 4.85. The number of likely N-dealkylation sites (tertiary alicyclic amines) is 1. The summed E-state index contributed by atoms with van der Waals surface area (Å²) in [4.78, 5) is 18.3. The van der Waals surface area contributed by atoms with E-state index in [1.807, 2.05) is 18.2 Å². The smallest absolute Gasteiger partial charge is 0.308 e. The van der Waals surface area contributed by atoms with Gasteiger partial charge in [0.05, 0.1) is 13.0 Å². The first-order valence-electron chi connectivity index (χ1n) is 8.67. The second kappa shape index (κ2) is 8.56. The summed E-state index contributed by atoms with van der Waals surface area (Å²) in [6.07, 6.45) is 1.59. The molecule has 1 aromatic carbocycles. The first-order chi connectivity index (χ1) is 11.9. The van der Waals surface area contributed by atoms with Crippen molar-refractivity contribution >= 4 is 23.5 Å². The van der Waals surface area contributed by atoms with Crippen LogP contribution in [-0.2, 0) is 14.9 Å². The molecule has 0 saturated carbocycles. The van der Waals surface area contributed by atoms with Gasteiger partial charge in [-0.3, -0.25) is 9.79 Å². The molecule has 0 aliphatic carbocycles. The van der Waals surface area contributed by atoms with Gasteiger partial charge in [-0.15, -0.1) is 0 Å². The number of piperidine rings is 1. The Morgan fingerprint density at radius 1 is 1.36 bits per heavy atom. The monoisotopic (exact) mass is 365 g/mol. The molecular formula is C19H28ClN3O2. The van der Waals surface area contributed by atoms with Gasteiger partial charge in [0.15, 0.2) is 5.96 Å². The molecule has 0 spiro atoms. The summed E-state index contributed by atoms with van der Waals surface area (Å²) in [7, 11) is 3.24. The van der Waals surface area contributed by atoms with E-state index in [4.69, 9.17) is 16.3 Å². The topological polar surface area (TPSA) is 53.9 Å². The van der Waals surface area contributed by atoms with Crippen LogP contribution in [0.25, 0.3) is 0 Å². The van der Waals surface area contributed by atoms with Crippen molar-refractivity contribution in [2.24, 2.45) is 10.9 Å². The summed E-state index contributed by atoms with van der Waals surface area (Å²) in [5.41, 5.74) is 0.988. The summed E-state index contributed by atoms with van der Waals surface area (Å²) in [5, 5.41) is 4.24. The van der Waals surface area contributed by atoms with Crippen LogP contribution in [0.2, 0.25) is 5.02 Å². The summed E-state index contributed by atoms with van der Waals surface area (Å²) in [5.74, 6) is 0.754. The number of carbonyl (C=O) groups is 1. The zero-order chi connectivity index (χ0) is 18.4. The molecule has 1 aromatic rings. The maximum atomic E-state index is 11.7. The lowest BCUT2D eigenvalue weighted by Gasteiger charge is -2.35. The van der Waals surface area contributed by atoms with Crippen LogP contribution in [0, 0.1) is 5.92 Å². The van der Waals surface area contributed by atoms with Crippen molar-refractivity contribution in [3.63, 3.8) is 0 Å². The number of nitrogens with zero attached hydrogens (tertiary/aromatic N) is 2. The van der Waals surface area contributed by atoms with Gasteiger partial charge >= 0.3 is 5.97 Å². The van der Waals surface area contributed by atoms with Crippen LogP contribution in [0.3, 0.4) is 0 Å². The van der Waals surface area contributed by atoms with Crippen LogP contribution in [-0.4, -0.2) is 50.6 Å². The van der Waals surface area contributed by atoms with Crippen molar-refractivity contribution in [3.8, 4) is 0 Å². The standard InChI is InChI=1S/C19H28ClN3O2/c1-19(2,15-7-5-6-8-16(15)20)13-22-18(21-3)23-11-9-14(10-12-23)17(24)25-4/h5-8,14H,9-13H2,1-4H3,(H,21,22). The zero-order valence-electron chi connectivity index (χ0n) is 15.5. The van der Waals surface area contributed by atoms with Crippen LogP contribution in [0.5, 0.6) is 0 Å². The van der Waals surface area contributed by atoms with Crippen LogP contribution < -0.4 is 5.32 Å². The minimum Gasteiger partial charge on any atom is -0.469 e. The normalized spacial score (nSPS) is 16.7. The van der Waals surface area contributed by atoms with E-state index >= 15 is 0 Å². The van der Waals surface area contributed by atoms with Gasteiger partial charge in [0, 0.05) is 37.1 Å². The number of aliphatic imine (C=N–C) groups is 1. The molecule has 6 heteroatoms. The van der Waals surface area contributed by atoms with Crippen molar-refractivity contribution in [2.45, 2.75) is 32.1 Å². The van der Waals surface area contributed by atoms with E-state index in [0.29, 0.717) is 0 Å². The minimum absolute atomic E-state index is 0.000998. The quantitative estimate of drug-likeness (QED) is 0.506. The van der Waals surface area contributed by atoms with Crippen molar-refractivity contribution in [2.75, 3.05) is 33.8 Å². The summed E-state index contributed by atoms with van der Waals surface area (Å²) in [6, 6.07) is 7.94. The second-order valence-corrected chi connectivity index (χ2v) is 7.46. The number of halogens is 1. The van der Waals surface area contributed by atoms with Gasteiger partial charge in [0.2, 0.25) is 0 Å². The molecule has 1 heterocycles. The molecule has 0 aromatic heterocycles. The number of carbonyl (C=O) groups excluding carboxylic acids is 1. The molecule has 25 heavy (non-hydrogen) atoms. The maximum absolute atomic E-state index is 11.7. The second-order valence-electron chi connectivity index (χ2n) is 7.05. The van der Waals surface area contributed by atoms with E-state index in [1.54, 1.807) is 7.05 Å². The fourth-order valence-electron chi connectivity index (χ4n) is 3.23. The number of hydrogen-bond donors (Lipinski definition) is 1. The summed E-state index contributed by atoms with van der Waals surface area (Å²) in [6.45, 7) is 6.65. The number of nitrogens with one attached hydrogen (secondary N) is 1. The third-order valence-corrected chi connectivity index (χ3v) is 5.16. The summed E-state index contributed by atoms with van der Waals surface area (Å²) >= 11 is 6.35. The molecule has 0 atom stereocenters. The highest BCUT2D eigenvalue weighted by Gasteiger charge is 2.28. The van der Waals surface area contributed by atoms with Crippen LogP contribution in [0.4, 0.5) is 0 Å². The Morgan fingerprint density at radius 2 is 2.00 bits per heavy atom. The van der Waals surface area contributed by atoms with Crippen LogP contribution in [0.15, 0.2) is 29.3 Å². The molecule has 1 fully saturated rings. The number of methoxy groups -OCH3 is 1. The van der Waals surface area contributed by atoms with E-state index in [-0.39, 0.29) is 17.3 Å². The van der Waals surface area contributed by atoms with Crippen molar-refractivity contribution in [3.05, 3.63) is 34.9 Å². The molecule has 0 radical (unpaired) electrons. The van der Waals surface area contributed by atoms with E-state index in [1.165, 1.54) is 7.11 Å². The van der Waals surface area contributed by atoms with Crippen LogP contribution >= 0.6 is 11.6 Å². The Labute approximate surface area is 155 Å². The molecule has 138 valence electrons. The van der Waals surface area contributed by atoms with Gasteiger partial charge in [-0.25, -0.2) is 0 Å². The molecule has 1 saturated heterocycles. The molecule has 1 aliphatic rings. The molecule has 1 aliphatic heterocycles. The zero-order valence-corrected chi connectivity index (χ0v) is 16.3. The Hall–Kier alpha value is -1.75. The molecular weight excluding hydrogens is 338 g/mol. The maximum Gasteiger partial charge on any atom is 0.308 e. The molecule has 5 nitrogen and oxygen atoms in total. The number of rotatable bonds is 4. The average molecular weight is 366 g/mol. The van der Waals surface area contributed by atoms with Gasteiger partial charge in [-0.05, 0) is 24.5 Å². The Morgan fingerprint density at radius 3 is 2.56 bits per heavy atom. The van der Waals surface area contributed by atoms with E-state index in [2.05, 4.69) is 35.1 Å². The fraction of sp³-hybridized carbons (Fsp3) is 0.579. The van der Waals surface area contributed by atoms with E-state index in [9.17, 15) is 4.79 Å². The first kappa shape index (κ1) is 19.6.